The summed E-state index contributed by atoms with van der Waals surface area (Å²) < 4.78 is 32.7. The molecule has 30 heavy (non-hydrogen) atoms. The maximum atomic E-state index is 13.2. The second kappa shape index (κ2) is 8.30. The first-order valence-corrected chi connectivity index (χ1v) is 11.9. The van der Waals surface area contributed by atoms with Crippen molar-refractivity contribution in [2.24, 2.45) is 0 Å². The Morgan fingerprint density at radius 1 is 1.10 bits per heavy atom. The molecule has 1 amide bonds. The summed E-state index contributed by atoms with van der Waals surface area (Å²) in [5.74, 6) is -0.263. The Morgan fingerprint density at radius 3 is 2.37 bits per heavy atom. The van der Waals surface area contributed by atoms with Crippen molar-refractivity contribution in [1.29, 1.82) is 0 Å². The smallest absolute Gasteiger partial charge is 0.252 e. The van der Waals surface area contributed by atoms with Gasteiger partial charge in [0.05, 0.1) is 23.6 Å². The van der Waals surface area contributed by atoms with Gasteiger partial charge in [-0.1, -0.05) is 29.8 Å². The summed E-state index contributed by atoms with van der Waals surface area (Å²) in [5.41, 5.74) is 1.69. The highest BCUT2D eigenvalue weighted by molar-refractivity contribution is 7.89. The van der Waals surface area contributed by atoms with Gasteiger partial charge in [0.2, 0.25) is 10.0 Å². The van der Waals surface area contributed by atoms with Crippen molar-refractivity contribution in [3.63, 3.8) is 0 Å². The Hall–Kier alpha value is -1.93. The molecule has 1 aliphatic carbocycles. The largest absolute Gasteiger partial charge is 0.379 e. The molecule has 0 radical (unpaired) electrons. The quantitative estimate of drug-likeness (QED) is 0.759. The van der Waals surface area contributed by atoms with Crippen LogP contribution in [0.2, 0.25) is 5.02 Å². The molecule has 0 atom stereocenters. The lowest BCUT2D eigenvalue weighted by molar-refractivity contribution is 0.0730. The zero-order chi connectivity index (χ0) is 21.4. The lowest BCUT2D eigenvalue weighted by Gasteiger charge is -2.43. The molecule has 6 nitrogen and oxygen atoms in total. The van der Waals surface area contributed by atoms with E-state index in [9.17, 15) is 13.2 Å². The Labute approximate surface area is 182 Å². The minimum atomic E-state index is -3.67. The maximum Gasteiger partial charge on any atom is 0.252 e. The molecule has 1 aliphatic heterocycles. The average molecular weight is 449 g/mol. The van der Waals surface area contributed by atoms with Crippen molar-refractivity contribution in [1.82, 2.24) is 9.62 Å². The molecule has 160 valence electrons. The molecule has 0 spiro atoms. The number of amides is 1. The molecule has 1 saturated heterocycles. The predicted octanol–water partition coefficient (Wildman–Crippen LogP) is 3.48. The van der Waals surface area contributed by atoms with Crippen LogP contribution < -0.4 is 5.32 Å². The van der Waals surface area contributed by atoms with Gasteiger partial charge < -0.3 is 10.1 Å². The Kier molecular flexibility index (Phi) is 5.90. The van der Waals surface area contributed by atoms with E-state index >= 15 is 0 Å². The summed E-state index contributed by atoms with van der Waals surface area (Å²) in [6, 6.07) is 12.3. The van der Waals surface area contributed by atoms with E-state index in [2.05, 4.69) is 5.32 Å². The zero-order valence-electron chi connectivity index (χ0n) is 16.9. The van der Waals surface area contributed by atoms with Crippen LogP contribution in [-0.4, -0.2) is 44.9 Å². The fourth-order valence-corrected chi connectivity index (χ4v) is 5.57. The van der Waals surface area contributed by atoms with Crippen molar-refractivity contribution in [3.8, 4) is 0 Å². The number of ether oxygens (including phenoxy) is 1. The van der Waals surface area contributed by atoms with E-state index in [0.29, 0.717) is 36.9 Å². The third-order valence-corrected chi connectivity index (χ3v) is 8.16. The van der Waals surface area contributed by atoms with Crippen LogP contribution in [0.4, 0.5) is 0 Å². The number of aryl methyl sites for hydroxylation is 1. The minimum absolute atomic E-state index is 0.134. The van der Waals surface area contributed by atoms with Gasteiger partial charge in [0.15, 0.2) is 0 Å². The van der Waals surface area contributed by atoms with E-state index in [1.165, 1.54) is 10.4 Å². The molecule has 0 unspecified atom stereocenters. The van der Waals surface area contributed by atoms with Gasteiger partial charge >= 0.3 is 0 Å². The summed E-state index contributed by atoms with van der Waals surface area (Å²) in [6.45, 7) is 3.20. The molecule has 8 heteroatoms. The topological polar surface area (TPSA) is 75.7 Å². The normalized spacial score (nSPS) is 19.1. The standard InChI is InChI=1S/C22H25ClN2O4S/c1-16-3-8-19(30(27,28)25-11-13-29-14-12-25)15-20(16)21(26)24-22(9-2-10-22)17-4-6-18(23)7-5-17/h3-8,15H,2,9-14H2,1H3,(H,24,26). The van der Waals surface area contributed by atoms with Crippen LogP contribution in [0.25, 0.3) is 0 Å². The maximum absolute atomic E-state index is 13.2. The van der Waals surface area contributed by atoms with Crippen LogP contribution in [0.5, 0.6) is 0 Å². The Balaban J connectivity index is 1.61. The van der Waals surface area contributed by atoms with Gasteiger partial charge in [0, 0.05) is 23.7 Å². The molecule has 0 aromatic heterocycles. The lowest BCUT2D eigenvalue weighted by atomic mass is 9.71. The number of sulfonamides is 1. The number of hydrogen-bond donors (Lipinski definition) is 1. The molecule has 2 aliphatic rings. The fraction of sp³-hybridized carbons (Fsp3) is 0.409. The fourth-order valence-electron chi connectivity index (χ4n) is 4.01. The SMILES string of the molecule is Cc1ccc(S(=O)(=O)N2CCOCC2)cc1C(=O)NC1(c2ccc(Cl)cc2)CCC1. The van der Waals surface area contributed by atoms with Crippen LogP contribution in [0.3, 0.4) is 0 Å². The summed E-state index contributed by atoms with van der Waals surface area (Å²) in [7, 11) is -3.67. The Morgan fingerprint density at radius 2 is 1.77 bits per heavy atom. The number of hydrogen-bond acceptors (Lipinski definition) is 4. The number of halogens is 1. The van der Waals surface area contributed by atoms with E-state index in [4.69, 9.17) is 16.3 Å². The zero-order valence-corrected chi connectivity index (χ0v) is 18.4. The van der Waals surface area contributed by atoms with Gasteiger partial charge in [0.1, 0.15) is 0 Å². The van der Waals surface area contributed by atoms with Crippen LogP contribution in [-0.2, 0) is 20.3 Å². The van der Waals surface area contributed by atoms with Gasteiger partial charge in [-0.3, -0.25) is 4.79 Å². The van der Waals surface area contributed by atoms with Crippen LogP contribution in [0.15, 0.2) is 47.4 Å². The van der Waals surface area contributed by atoms with Gasteiger partial charge in [-0.25, -0.2) is 8.42 Å². The number of morpholine rings is 1. The minimum Gasteiger partial charge on any atom is -0.379 e. The molecular weight excluding hydrogens is 424 g/mol. The van der Waals surface area contributed by atoms with E-state index in [1.54, 1.807) is 12.1 Å². The van der Waals surface area contributed by atoms with Crippen molar-refractivity contribution in [2.75, 3.05) is 26.3 Å². The first kappa shape index (κ1) is 21.3. The molecule has 1 saturated carbocycles. The highest BCUT2D eigenvalue weighted by Crippen LogP contribution is 2.42. The summed E-state index contributed by atoms with van der Waals surface area (Å²) in [5, 5.41) is 3.82. The number of nitrogens with one attached hydrogen (secondary N) is 1. The molecule has 0 bridgehead atoms. The molecule has 2 fully saturated rings. The van der Waals surface area contributed by atoms with Gasteiger partial charge in [-0.15, -0.1) is 0 Å². The van der Waals surface area contributed by atoms with E-state index in [1.807, 2.05) is 31.2 Å². The highest BCUT2D eigenvalue weighted by Gasteiger charge is 2.40. The van der Waals surface area contributed by atoms with Crippen LogP contribution in [0, 0.1) is 6.92 Å². The van der Waals surface area contributed by atoms with E-state index in [0.717, 1.165) is 30.4 Å². The van der Waals surface area contributed by atoms with E-state index < -0.39 is 15.6 Å². The lowest BCUT2D eigenvalue weighted by Crippen LogP contribution is -2.51. The van der Waals surface area contributed by atoms with Crippen molar-refractivity contribution in [3.05, 3.63) is 64.2 Å². The second-order valence-electron chi connectivity index (χ2n) is 7.89. The first-order chi connectivity index (χ1) is 14.3. The molecule has 1 heterocycles. The monoisotopic (exact) mass is 448 g/mol. The molecule has 2 aromatic rings. The van der Waals surface area contributed by atoms with Crippen LogP contribution in [0.1, 0.15) is 40.7 Å². The molecule has 4 rings (SSSR count). The van der Waals surface area contributed by atoms with Crippen molar-refractivity contribution >= 4 is 27.5 Å². The predicted molar refractivity (Wildman–Crippen MR) is 115 cm³/mol. The molecular formula is C22H25ClN2O4S. The van der Waals surface area contributed by atoms with Crippen LogP contribution >= 0.6 is 11.6 Å². The molecule has 2 aromatic carbocycles. The summed E-state index contributed by atoms with van der Waals surface area (Å²) in [4.78, 5) is 13.3. The number of rotatable bonds is 5. The first-order valence-electron chi connectivity index (χ1n) is 10.1. The number of benzene rings is 2. The summed E-state index contributed by atoms with van der Waals surface area (Å²) >= 11 is 6.01. The third kappa shape index (κ3) is 3.99. The van der Waals surface area contributed by atoms with Gasteiger partial charge in [-0.2, -0.15) is 4.31 Å². The summed E-state index contributed by atoms with van der Waals surface area (Å²) in [6.07, 6.45) is 2.70. The van der Waals surface area contributed by atoms with E-state index in [-0.39, 0.29) is 10.8 Å². The average Bonchev–Trinajstić information content (AvgIpc) is 2.72. The molecule has 1 N–H and O–H groups in total. The van der Waals surface area contributed by atoms with Gasteiger partial charge in [-0.05, 0) is 61.6 Å². The van der Waals surface area contributed by atoms with Crippen molar-refractivity contribution < 1.29 is 17.9 Å². The van der Waals surface area contributed by atoms with Gasteiger partial charge in [0.25, 0.3) is 5.91 Å². The number of carbonyl (C=O) groups is 1. The third-order valence-electron chi connectivity index (χ3n) is 6.02. The number of nitrogens with zero attached hydrogens (tertiary/aromatic N) is 1. The highest BCUT2D eigenvalue weighted by atomic mass is 35.5. The Bertz CT molecular complexity index is 1040. The second-order valence-corrected chi connectivity index (χ2v) is 10.3. The van der Waals surface area contributed by atoms with Crippen molar-refractivity contribution in [2.45, 2.75) is 36.6 Å². The number of carbonyl (C=O) groups excluding carboxylic acids is 1.